The lowest BCUT2D eigenvalue weighted by atomic mass is 10.1. The van der Waals surface area contributed by atoms with Crippen molar-refractivity contribution in [3.8, 4) is 0 Å². The topological polar surface area (TPSA) is 116 Å². The molecule has 21 heavy (non-hydrogen) atoms. The molecule has 1 aromatic heterocycles. The van der Waals surface area contributed by atoms with Gasteiger partial charge in [-0.25, -0.2) is 4.98 Å². The van der Waals surface area contributed by atoms with E-state index < -0.39 is 4.92 Å². The molecular weight excluding hydrogens is 274 g/mol. The van der Waals surface area contributed by atoms with Crippen molar-refractivity contribution in [1.29, 1.82) is 0 Å². The molecule has 2 rings (SSSR count). The first kappa shape index (κ1) is 15.4. The quantitative estimate of drug-likeness (QED) is 0.357. The second-order valence-corrected chi connectivity index (χ2v) is 5.13. The Balaban J connectivity index is 1.73. The Morgan fingerprint density at radius 1 is 1.38 bits per heavy atom. The van der Waals surface area contributed by atoms with E-state index in [-0.39, 0.29) is 17.5 Å². The lowest BCUT2D eigenvalue weighted by molar-refractivity contribution is -0.384. The van der Waals surface area contributed by atoms with Gasteiger partial charge in [0.15, 0.2) is 0 Å². The van der Waals surface area contributed by atoms with E-state index in [1.54, 1.807) is 0 Å². The Hall–Kier alpha value is -1.96. The second-order valence-electron chi connectivity index (χ2n) is 5.13. The van der Waals surface area contributed by atoms with Crippen LogP contribution in [0, 0.1) is 10.1 Å². The Morgan fingerprint density at radius 2 is 2.10 bits per heavy atom. The van der Waals surface area contributed by atoms with E-state index in [2.05, 4.69) is 15.3 Å². The van der Waals surface area contributed by atoms with Gasteiger partial charge in [-0.15, -0.1) is 0 Å². The molecule has 1 saturated carbocycles. The van der Waals surface area contributed by atoms with E-state index in [9.17, 15) is 10.1 Å². The number of nitrogens with zero attached hydrogens (tertiary/aromatic N) is 3. The third kappa shape index (κ3) is 4.82. The largest absolute Gasteiger partial charge is 0.378 e. The van der Waals surface area contributed by atoms with Crippen LogP contribution in [-0.2, 0) is 4.74 Å². The van der Waals surface area contributed by atoms with E-state index in [1.807, 2.05) is 0 Å². The first-order valence-electron chi connectivity index (χ1n) is 7.29. The molecule has 1 aliphatic carbocycles. The molecule has 0 radical (unpaired) electrons. The molecule has 1 heterocycles. The zero-order valence-corrected chi connectivity index (χ0v) is 12.0. The number of rotatable bonds is 6. The standard InChI is InChI=1S/C13H21N5O3/c14-12-11(18(19)20)9-16-13(17-12)15-7-8-21-10-5-3-1-2-4-6-10/h9-10H,1-8H2,(H3,14,15,16,17). The lowest BCUT2D eigenvalue weighted by Gasteiger charge is -2.15. The van der Waals surface area contributed by atoms with E-state index >= 15 is 0 Å². The first-order valence-corrected chi connectivity index (χ1v) is 7.29. The zero-order valence-electron chi connectivity index (χ0n) is 12.0. The van der Waals surface area contributed by atoms with Crippen LogP contribution in [0.5, 0.6) is 0 Å². The molecule has 8 nitrogen and oxygen atoms in total. The molecule has 0 spiro atoms. The van der Waals surface area contributed by atoms with Crippen LogP contribution in [0.15, 0.2) is 6.20 Å². The van der Waals surface area contributed by atoms with Crippen LogP contribution < -0.4 is 11.1 Å². The predicted octanol–water partition coefficient (Wildman–Crippen LogP) is 2.12. The van der Waals surface area contributed by atoms with E-state index in [0.29, 0.717) is 19.3 Å². The molecule has 8 heteroatoms. The van der Waals surface area contributed by atoms with Gasteiger partial charge in [0.25, 0.3) is 0 Å². The van der Waals surface area contributed by atoms with Gasteiger partial charge < -0.3 is 15.8 Å². The van der Waals surface area contributed by atoms with Gasteiger partial charge in [-0.1, -0.05) is 25.7 Å². The van der Waals surface area contributed by atoms with Crippen molar-refractivity contribution in [3.05, 3.63) is 16.3 Å². The number of ether oxygens (including phenoxy) is 1. The third-order valence-electron chi connectivity index (χ3n) is 3.54. The van der Waals surface area contributed by atoms with Crippen molar-refractivity contribution in [2.75, 3.05) is 24.2 Å². The van der Waals surface area contributed by atoms with Gasteiger partial charge in [-0.05, 0) is 12.8 Å². The normalized spacial score (nSPS) is 16.4. The molecule has 0 aliphatic heterocycles. The first-order chi connectivity index (χ1) is 10.2. The fourth-order valence-corrected chi connectivity index (χ4v) is 2.41. The molecule has 3 N–H and O–H groups in total. The Kier molecular flexibility index (Phi) is 5.68. The molecule has 0 aromatic carbocycles. The highest BCUT2D eigenvalue weighted by Crippen LogP contribution is 2.20. The molecule has 1 aliphatic rings. The summed E-state index contributed by atoms with van der Waals surface area (Å²) in [5, 5.41) is 13.6. The van der Waals surface area contributed by atoms with Crippen LogP contribution in [0.3, 0.4) is 0 Å². The van der Waals surface area contributed by atoms with Crippen LogP contribution in [0.1, 0.15) is 38.5 Å². The molecule has 0 atom stereocenters. The summed E-state index contributed by atoms with van der Waals surface area (Å²) >= 11 is 0. The minimum Gasteiger partial charge on any atom is -0.378 e. The molecule has 1 fully saturated rings. The average molecular weight is 295 g/mol. The number of nitrogens with two attached hydrogens (primary N) is 1. The fraction of sp³-hybridized carbons (Fsp3) is 0.692. The molecule has 0 unspecified atom stereocenters. The highest BCUT2D eigenvalue weighted by molar-refractivity contribution is 5.53. The van der Waals surface area contributed by atoms with Crippen molar-refractivity contribution in [2.45, 2.75) is 44.6 Å². The van der Waals surface area contributed by atoms with E-state index in [0.717, 1.165) is 19.0 Å². The summed E-state index contributed by atoms with van der Waals surface area (Å²) < 4.78 is 5.82. The summed E-state index contributed by atoms with van der Waals surface area (Å²) in [6.45, 7) is 1.11. The van der Waals surface area contributed by atoms with Crippen molar-refractivity contribution in [2.24, 2.45) is 0 Å². The monoisotopic (exact) mass is 295 g/mol. The SMILES string of the molecule is Nc1nc(NCCOC2CCCCCC2)ncc1[N+](=O)[O-]. The van der Waals surface area contributed by atoms with Gasteiger partial charge in [0.05, 0.1) is 17.6 Å². The van der Waals surface area contributed by atoms with Gasteiger partial charge in [-0.3, -0.25) is 10.1 Å². The van der Waals surface area contributed by atoms with Crippen LogP contribution >= 0.6 is 0 Å². The molecule has 0 saturated heterocycles. The number of hydrogen-bond donors (Lipinski definition) is 2. The van der Waals surface area contributed by atoms with Crippen molar-refractivity contribution in [3.63, 3.8) is 0 Å². The van der Waals surface area contributed by atoms with Crippen LogP contribution in [-0.4, -0.2) is 34.1 Å². The van der Waals surface area contributed by atoms with E-state index in [1.165, 1.54) is 25.7 Å². The number of aromatic nitrogens is 2. The van der Waals surface area contributed by atoms with Crippen LogP contribution in [0.25, 0.3) is 0 Å². The predicted molar refractivity (Wildman–Crippen MR) is 79.0 cm³/mol. The maximum absolute atomic E-state index is 10.6. The van der Waals surface area contributed by atoms with Gasteiger partial charge in [0, 0.05) is 6.54 Å². The molecular formula is C13H21N5O3. The van der Waals surface area contributed by atoms with Crippen molar-refractivity contribution >= 4 is 17.5 Å². The minimum absolute atomic E-state index is 0.137. The Morgan fingerprint density at radius 3 is 2.71 bits per heavy atom. The van der Waals surface area contributed by atoms with E-state index in [4.69, 9.17) is 10.5 Å². The number of anilines is 2. The van der Waals surface area contributed by atoms with Gasteiger partial charge >= 0.3 is 5.69 Å². The fourth-order valence-electron chi connectivity index (χ4n) is 2.41. The molecule has 0 bridgehead atoms. The summed E-state index contributed by atoms with van der Waals surface area (Å²) in [6.07, 6.45) is 8.78. The Bertz CT molecular complexity index is 475. The number of hydrogen-bond acceptors (Lipinski definition) is 7. The third-order valence-corrected chi connectivity index (χ3v) is 3.54. The molecule has 116 valence electrons. The summed E-state index contributed by atoms with van der Waals surface area (Å²) in [5.41, 5.74) is 5.21. The van der Waals surface area contributed by atoms with Crippen LogP contribution in [0.4, 0.5) is 17.5 Å². The van der Waals surface area contributed by atoms with Gasteiger partial charge in [0.1, 0.15) is 6.20 Å². The molecule has 1 aromatic rings. The summed E-state index contributed by atoms with van der Waals surface area (Å²) in [4.78, 5) is 17.7. The highest BCUT2D eigenvalue weighted by atomic mass is 16.6. The maximum atomic E-state index is 10.6. The lowest BCUT2D eigenvalue weighted by Crippen LogP contribution is -2.18. The molecule has 0 amide bonds. The van der Waals surface area contributed by atoms with Crippen LogP contribution in [0.2, 0.25) is 0 Å². The minimum atomic E-state index is -0.603. The van der Waals surface area contributed by atoms with Crippen molar-refractivity contribution in [1.82, 2.24) is 9.97 Å². The van der Waals surface area contributed by atoms with Gasteiger partial charge in [0.2, 0.25) is 11.8 Å². The summed E-state index contributed by atoms with van der Waals surface area (Å²) in [6, 6.07) is 0. The maximum Gasteiger partial charge on any atom is 0.329 e. The summed E-state index contributed by atoms with van der Waals surface area (Å²) in [5.74, 6) is 0.143. The Labute approximate surface area is 123 Å². The van der Waals surface area contributed by atoms with Crippen molar-refractivity contribution < 1.29 is 9.66 Å². The highest BCUT2D eigenvalue weighted by Gasteiger charge is 2.14. The number of nitrogens with one attached hydrogen (secondary N) is 1. The second kappa shape index (κ2) is 7.72. The summed E-state index contributed by atoms with van der Waals surface area (Å²) in [7, 11) is 0. The smallest absolute Gasteiger partial charge is 0.329 e. The number of nitro groups is 1. The number of nitrogen functional groups attached to an aromatic ring is 1. The van der Waals surface area contributed by atoms with Gasteiger partial charge in [-0.2, -0.15) is 4.98 Å². The zero-order chi connectivity index (χ0) is 15.1. The average Bonchev–Trinajstić information content (AvgIpc) is 2.72.